The smallest absolute Gasteiger partial charge is 0.365 e. The summed E-state index contributed by atoms with van der Waals surface area (Å²) in [5.41, 5.74) is 0.315. The molecule has 24 heavy (non-hydrogen) atoms. The zero-order valence-corrected chi connectivity index (χ0v) is 15.6. The van der Waals surface area contributed by atoms with E-state index in [9.17, 15) is 4.79 Å². The van der Waals surface area contributed by atoms with Crippen LogP contribution in [0.4, 0.5) is 0 Å². The quantitative estimate of drug-likeness (QED) is 0.419. The molecule has 0 fully saturated rings. The Bertz CT molecular complexity index is 582. The number of methoxy groups -OCH3 is 2. The summed E-state index contributed by atoms with van der Waals surface area (Å²) in [6, 6.07) is 5.36. The summed E-state index contributed by atoms with van der Waals surface area (Å²) in [6.45, 7) is 10.1. The van der Waals surface area contributed by atoms with Gasteiger partial charge >= 0.3 is 5.97 Å². The van der Waals surface area contributed by atoms with Gasteiger partial charge in [0.25, 0.3) is 0 Å². The second-order valence-corrected chi connectivity index (χ2v) is 7.43. The summed E-state index contributed by atoms with van der Waals surface area (Å²) in [7, 11) is 3.13. The van der Waals surface area contributed by atoms with Crippen molar-refractivity contribution < 1.29 is 24.0 Å². The van der Waals surface area contributed by atoms with Crippen LogP contribution in [-0.4, -0.2) is 25.8 Å². The Balaban J connectivity index is 2.63. The van der Waals surface area contributed by atoms with E-state index in [-0.39, 0.29) is 5.41 Å². The molecule has 5 heteroatoms. The van der Waals surface area contributed by atoms with Crippen molar-refractivity contribution in [2.45, 2.75) is 46.6 Å². The van der Waals surface area contributed by atoms with E-state index in [0.717, 1.165) is 12.0 Å². The highest BCUT2D eigenvalue weighted by Gasteiger charge is 2.28. The van der Waals surface area contributed by atoms with Crippen LogP contribution in [0.15, 0.2) is 24.3 Å². The van der Waals surface area contributed by atoms with E-state index >= 15 is 0 Å². The van der Waals surface area contributed by atoms with E-state index in [0.29, 0.717) is 11.5 Å². The van der Waals surface area contributed by atoms with Crippen molar-refractivity contribution in [2.24, 2.45) is 5.41 Å². The van der Waals surface area contributed by atoms with Gasteiger partial charge in [-0.1, -0.05) is 26.8 Å². The zero-order chi connectivity index (χ0) is 18.4. The van der Waals surface area contributed by atoms with Crippen molar-refractivity contribution >= 4 is 12.0 Å². The van der Waals surface area contributed by atoms with E-state index in [1.165, 1.54) is 6.08 Å². The van der Waals surface area contributed by atoms with Gasteiger partial charge in [0.15, 0.2) is 11.5 Å². The molecule has 0 N–H and O–H groups in total. The van der Waals surface area contributed by atoms with Crippen molar-refractivity contribution in [2.75, 3.05) is 14.2 Å². The third kappa shape index (κ3) is 7.04. The van der Waals surface area contributed by atoms with Crippen LogP contribution in [0.2, 0.25) is 0 Å². The normalized spacial score (nSPS) is 12.3. The summed E-state index contributed by atoms with van der Waals surface area (Å²) >= 11 is 0. The van der Waals surface area contributed by atoms with Crippen LogP contribution in [0, 0.1) is 5.41 Å². The molecule has 5 nitrogen and oxygen atoms in total. The van der Waals surface area contributed by atoms with Crippen molar-refractivity contribution in [1.29, 1.82) is 0 Å². The fourth-order valence-electron chi connectivity index (χ4n) is 2.61. The molecule has 0 radical (unpaired) electrons. The van der Waals surface area contributed by atoms with Crippen LogP contribution in [-0.2, 0) is 14.6 Å². The number of carbonyl (C=O) groups excluding carboxylic acids is 1. The molecule has 0 unspecified atom stereocenters. The zero-order valence-electron chi connectivity index (χ0n) is 15.6. The summed E-state index contributed by atoms with van der Waals surface area (Å²) in [4.78, 5) is 22.0. The van der Waals surface area contributed by atoms with Gasteiger partial charge in [-0.3, -0.25) is 4.89 Å². The Morgan fingerprint density at radius 3 is 2.21 bits per heavy atom. The molecule has 0 atom stereocenters. The minimum Gasteiger partial charge on any atom is -0.493 e. The molecule has 1 rings (SSSR count). The van der Waals surface area contributed by atoms with E-state index in [2.05, 4.69) is 20.8 Å². The maximum absolute atomic E-state index is 11.8. The number of benzene rings is 1. The highest BCUT2D eigenvalue weighted by Crippen LogP contribution is 2.30. The predicted molar refractivity (Wildman–Crippen MR) is 93.9 cm³/mol. The first-order valence-electron chi connectivity index (χ1n) is 7.86. The minimum atomic E-state index is -0.563. The molecule has 0 saturated carbocycles. The first kappa shape index (κ1) is 20.0. The lowest BCUT2D eigenvalue weighted by molar-refractivity contribution is -0.326. The summed E-state index contributed by atoms with van der Waals surface area (Å²) in [5, 5.41) is 0. The average Bonchev–Trinajstić information content (AvgIpc) is 2.48. The topological polar surface area (TPSA) is 54.0 Å². The molecular weight excluding hydrogens is 308 g/mol. The standard InChI is InChI=1S/C19H28O5/c1-18(2,3)13-19(4,5)24-23-17(20)11-9-14-8-10-15(21-6)16(12-14)22-7/h8-12H,13H2,1-7H3/b11-9+. The molecule has 0 aliphatic carbocycles. The maximum Gasteiger partial charge on any atom is 0.365 e. The van der Waals surface area contributed by atoms with Crippen LogP contribution < -0.4 is 9.47 Å². The van der Waals surface area contributed by atoms with Crippen molar-refractivity contribution in [1.82, 2.24) is 0 Å². The second-order valence-electron chi connectivity index (χ2n) is 7.43. The first-order valence-corrected chi connectivity index (χ1v) is 7.86. The molecule has 0 aliphatic rings. The van der Waals surface area contributed by atoms with Gasteiger partial charge in [-0.05, 0) is 49.5 Å². The molecule has 0 aromatic heterocycles. The third-order valence-corrected chi connectivity index (χ3v) is 3.12. The highest BCUT2D eigenvalue weighted by molar-refractivity contribution is 5.86. The van der Waals surface area contributed by atoms with Crippen LogP contribution in [0.1, 0.15) is 46.6 Å². The SMILES string of the molecule is COc1ccc(/C=C/C(=O)OOC(C)(C)CC(C)(C)C)cc1OC. The monoisotopic (exact) mass is 336 g/mol. The molecule has 1 aromatic carbocycles. The van der Waals surface area contributed by atoms with Gasteiger partial charge < -0.3 is 9.47 Å². The van der Waals surface area contributed by atoms with Gasteiger partial charge in [0, 0.05) is 6.08 Å². The van der Waals surface area contributed by atoms with E-state index < -0.39 is 11.6 Å². The van der Waals surface area contributed by atoms with Gasteiger partial charge in [0.1, 0.15) is 5.60 Å². The van der Waals surface area contributed by atoms with Crippen LogP contribution >= 0.6 is 0 Å². The van der Waals surface area contributed by atoms with Crippen LogP contribution in [0.3, 0.4) is 0 Å². The van der Waals surface area contributed by atoms with Crippen molar-refractivity contribution in [3.8, 4) is 11.5 Å². The Morgan fingerprint density at radius 1 is 1.04 bits per heavy atom. The molecule has 134 valence electrons. The first-order chi connectivity index (χ1) is 11.1. The number of rotatable bonds is 7. The van der Waals surface area contributed by atoms with E-state index in [1.807, 2.05) is 19.9 Å². The Kier molecular flexibility index (Phi) is 6.84. The minimum absolute atomic E-state index is 0.0748. The average molecular weight is 336 g/mol. The Morgan fingerprint density at radius 2 is 1.67 bits per heavy atom. The number of ether oxygens (including phenoxy) is 2. The van der Waals surface area contributed by atoms with E-state index in [1.54, 1.807) is 32.4 Å². The molecule has 0 heterocycles. The molecule has 0 amide bonds. The molecule has 0 bridgehead atoms. The summed E-state index contributed by atoms with van der Waals surface area (Å²) < 4.78 is 10.4. The predicted octanol–water partition coefficient (Wildman–Crippen LogP) is 4.41. The Hall–Kier alpha value is -2.01. The molecule has 1 aromatic rings. The molecular formula is C19H28O5. The van der Waals surface area contributed by atoms with Gasteiger partial charge in [-0.2, -0.15) is 4.89 Å². The van der Waals surface area contributed by atoms with Gasteiger partial charge in [0.2, 0.25) is 0 Å². The maximum atomic E-state index is 11.8. The third-order valence-electron chi connectivity index (χ3n) is 3.12. The lowest BCUT2D eigenvalue weighted by Crippen LogP contribution is -2.31. The summed E-state index contributed by atoms with van der Waals surface area (Å²) in [5.74, 6) is 0.659. The molecule has 0 spiro atoms. The number of carbonyl (C=O) groups is 1. The van der Waals surface area contributed by atoms with Crippen LogP contribution in [0.25, 0.3) is 6.08 Å². The highest BCUT2D eigenvalue weighted by atomic mass is 17.2. The van der Waals surface area contributed by atoms with Crippen molar-refractivity contribution in [3.63, 3.8) is 0 Å². The lowest BCUT2D eigenvalue weighted by Gasteiger charge is -2.30. The number of hydrogen-bond acceptors (Lipinski definition) is 5. The fraction of sp³-hybridized carbons (Fsp3) is 0.526. The van der Waals surface area contributed by atoms with Gasteiger partial charge in [0.05, 0.1) is 14.2 Å². The van der Waals surface area contributed by atoms with Crippen molar-refractivity contribution in [3.05, 3.63) is 29.8 Å². The molecule has 0 aliphatic heterocycles. The van der Waals surface area contributed by atoms with E-state index in [4.69, 9.17) is 19.2 Å². The van der Waals surface area contributed by atoms with Crippen LogP contribution in [0.5, 0.6) is 11.5 Å². The van der Waals surface area contributed by atoms with Gasteiger partial charge in [-0.15, -0.1) is 0 Å². The number of hydrogen-bond donors (Lipinski definition) is 0. The second kappa shape index (κ2) is 8.20. The largest absolute Gasteiger partial charge is 0.493 e. The molecule has 0 saturated heterocycles. The summed E-state index contributed by atoms with van der Waals surface area (Å²) in [6.07, 6.45) is 3.70. The lowest BCUT2D eigenvalue weighted by atomic mass is 9.84. The fourth-order valence-corrected chi connectivity index (χ4v) is 2.61. The Labute approximate surface area is 144 Å². The van der Waals surface area contributed by atoms with Gasteiger partial charge in [-0.25, -0.2) is 4.79 Å².